The van der Waals surface area contributed by atoms with Crippen LogP contribution >= 0.6 is 0 Å². The second kappa shape index (κ2) is 11.8. The molecule has 0 heterocycles. The third kappa shape index (κ3) is 11.8. The Morgan fingerprint density at radius 2 is 1.31 bits per heavy atom. The molecule has 0 aromatic rings. The van der Waals surface area contributed by atoms with Gasteiger partial charge in [0.1, 0.15) is 6.79 Å². The Kier molecular flexibility index (Phi) is 11.7. The molecule has 0 saturated carbocycles. The summed E-state index contributed by atoms with van der Waals surface area (Å²) in [6.07, 6.45) is 1.05. The van der Waals surface area contributed by atoms with Gasteiger partial charge in [-0.2, -0.15) is 0 Å². The van der Waals surface area contributed by atoms with E-state index in [4.69, 9.17) is 18.9 Å². The summed E-state index contributed by atoms with van der Waals surface area (Å²) in [5, 5.41) is 0. The summed E-state index contributed by atoms with van der Waals surface area (Å²) in [6, 6.07) is 0. The fourth-order valence-electron chi connectivity index (χ4n) is 0.726. The van der Waals surface area contributed by atoms with Gasteiger partial charge in [-0.15, -0.1) is 0 Å². The third-order valence-corrected chi connectivity index (χ3v) is 1.29. The van der Waals surface area contributed by atoms with Crippen LogP contribution in [0.1, 0.15) is 13.3 Å². The molecule has 4 heteroatoms. The zero-order valence-electron chi connectivity index (χ0n) is 8.58. The predicted molar refractivity (Wildman–Crippen MR) is 49.8 cm³/mol. The summed E-state index contributed by atoms with van der Waals surface area (Å²) in [6.45, 7) is 5.69. The molecule has 0 fully saturated rings. The monoisotopic (exact) mass is 192 g/mol. The third-order valence-electron chi connectivity index (χ3n) is 1.29. The summed E-state index contributed by atoms with van der Waals surface area (Å²) in [7, 11) is 1.60. The average molecular weight is 192 g/mol. The molecule has 0 radical (unpaired) electrons. The standard InChI is InChI=1S/C9H20O4/c1-3-4-11-5-6-12-7-8-13-9-10-2/h3-9H2,1-2H3. The fraction of sp³-hybridized carbons (Fsp3) is 1.00. The van der Waals surface area contributed by atoms with Crippen LogP contribution in [0, 0.1) is 0 Å². The van der Waals surface area contributed by atoms with Crippen molar-refractivity contribution in [2.45, 2.75) is 13.3 Å². The molecule has 0 aliphatic rings. The largest absolute Gasteiger partial charge is 0.379 e. The zero-order valence-corrected chi connectivity index (χ0v) is 8.58. The van der Waals surface area contributed by atoms with E-state index < -0.39 is 0 Å². The van der Waals surface area contributed by atoms with Crippen molar-refractivity contribution in [3.8, 4) is 0 Å². The Bertz CT molecular complexity index is 77.7. The van der Waals surface area contributed by atoms with Crippen molar-refractivity contribution in [3.05, 3.63) is 0 Å². The molecule has 0 rings (SSSR count). The van der Waals surface area contributed by atoms with Gasteiger partial charge in [0, 0.05) is 13.7 Å². The highest BCUT2D eigenvalue weighted by Crippen LogP contribution is 1.82. The molecule has 0 amide bonds. The Morgan fingerprint density at radius 3 is 1.85 bits per heavy atom. The summed E-state index contributed by atoms with van der Waals surface area (Å²) in [4.78, 5) is 0. The summed E-state index contributed by atoms with van der Waals surface area (Å²) < 4.78 is 20.2. The normalized spacial score (nSPS) is 10.6. The van der Waals surface area contributed by atoms with Crippen LogP contribution in [0.25, 0.3) is 0 Å². The first-order chi connectivity index (χ1) is 6.41. The lowest BCUT2D eigenvalue weighted by Crippen LogP contribution is -2.10. The molecule has 0 bridgehead atoms. The summed E-state index contributed by atoms with van der Waals surface area (Å²) in [5.74, 6) is 0. The molecule has 0 aliphatic carbocycles. The van der Waals surface area contributed by atoms with Gasteiger partial charge in [0.25, 0.3) is 0 Å². The van der Waals surface area contributed by atoms with Gasteiger partial charge in [0.15, 0.2) is 0 Å². The number of ether oxygens (including phenoxy) is 4. The molecule has 0 atom stereocenters. The van der Waals surface area contributed by atoms with Crippen LogP contribution in [0.5, 0.6) is 0 Å². The van der Waals surface area contributed by atoms with Gasteiger partial charge >= 0.3 is 0 Å². The Labute approximate surface area is 80.1 Å². The molecule has 4 nitrogen and oxygen atoms in total. The lowest BCUT2D eigenvalue weighted by atomic mass is 10.5. The van der Waals surface area contributed by atoms with E-state index in [0.717, 1.165) is 13.0 Å². The van der Waals surface area contributed by atoms with E-state index >= 15 is 0 Å². The van der Waals surface area contributed by atoms with Crippen LogP contribution in [0.3, 0.4) is 0 Å². The van der Waals surface area contributed by atoms with Gasteiger partial charge in [-0.3, -0.25) is 0 Å². The maximum atomic E-state index is 5.22. The van der Waals surface area contributed by atoms with Crippen molar-refractivity contribution in [2.75, 3.05) is 46.9 Å². The zero-order chi connectivity index (χ0) is 9.78. The first-order valence-electron chi connectivity index (χ1n) is 4.64. The van der Waals surface area contributed by atoms with Gasteiger partial charge in [-0.05, 0) is 6.42 Å². The van der Waals surface area contributed by atoms with E-state index in [1.54, 1.807) is 7.11 Å². The summed E-state index contributed by atoms with van der Waals surface area (Å²) >= 11 is 0. The highest BCUT2D eigenvalue weighted by Gasteiger charge is 1.89. The minimum absolute atomic E-state index is 0.329. The van der Waals surface area contributed by atoms with Crippen molar-refractivity contribution in [3.63, 3.8) is 0 Å². The Morgan fingerprint density at radius 1 is 0.769 bits per heavy atom. The first kappa shape index (κ1) is 12.8. The van der Waals surface area contributed by atoms with Crippen molar-refractivity contribution < 1.29 is 18.9 Å². The number of hydrogen-bond donors (Lipinski definition) is 0. The van der Waals surface area contributed by atoms with E-state index in [2.05, 4.69) is 6.92 Å². The quantitative estimate of drug-likeness (QED) is 0.383. The van der Waals surface area contributed by atoms with Crippen LogP contribution in [0.4, 0.5) is 0 Å². The van der Waals surface area contributed by atoms with Crippen molar-refractivity contribution in [1.82, 2.24) is 0 Å². The van der Waals surface area contributed by atoms with Crippen LogP contribution in [0.15, 0.2) is 0 Å². The topological polar surface area (TPSA) is 36.9 Å². The van der Waals surface area contributed by atoms with Crippen LogP contribution in [-0.2, 0) is 18.9 Å². The Hall–Kier alpha value is -0.160. The lowest BCUT2D eigenvalue weighted by molar-refractivity contribution is -0.0552. The van der Waals surface area contributed by atoms with Gasteiger partial charge in [0.05, 0.1) is 26.4 Å². The molecular formula is C9H20O4. The highest BCUT2D eigenvalue weighted by molar-refractivity contribution is 4.31. The number of methoxy groups -OCH3 is 1. The molecule has 0 unspecified atom stereocenters. The van der Waals surface area contributed by atoms with Gasteiger partial charge in [0.2, 0.25) is 0 Å². The van der Waals surface area contributed by atoms with E-state index in [-0.39, 0.29) is 0 Å². The van der Waals surface area contributed by atoms with Gasteiger partial charge in [-0.25, -0.2) is 0 Å². The molecule has 0 aromatic heterocycles. The van der Waals surface area contributed by atoms with Crippen molar-refractivity contribution in [2.24, 2.45) is 0 Å². The fourth-order valence-corrected chi connectivity index (χ4v) is 0.726. The molecule has 13 heavy (non-hydrogen) atoms. The van der Waals surface area contributed by atoms with Crippen molar-refractivity contribution in [1.29, 1.82) is 0 Å². The molecule has 0 aliphatic heterocycles. The maximum absolute atomic E-state index is 5.22. The van der Waals surface area contributed by atoms with Crippen LogP contribution < -0.4 is 0 Å². The second-order valence-electron chi connectivity index (χ2n) is 2.54. The van der Waals surface area contributed by atoms with E-state index in [0.29, 0.717) is 33.2 Å². The maximum Gasteiger partial charge on any atom is 0.146 e. The lowest BCUT2D eigenvalue weighted by Gasteiger charge is -2.05. The average Bonchev–Trinajstić information content (AvgIpc) is 2.16. The smallest absolute Gasteiger partial charge is 0.146 e. The van der Waals surface area contributed by atoms with Gasteiger partial charge in [-0.1, -0.05) is 6.92 Å². The van der Waals surface area contributed by atoms with Crippen LogP contribution in [0.2, 0.25) is 0 Å². The molecule has 0 N–H and O–H groups in total. The molecule has 0 aromatic carbocycles. The SMILES string of the molecule is CCCOCCOCCOCOC. The molecule has 0 saturated heterocycles. The number of rotatable bonds is 10. The van der Waals surface area contributed by atoms with E-state index in [9.17, 15) is 0 Å². The van der Waals surface area contributed by atoms with E-state index in [1.807, 2.05) is 0 Å². The summed E-state index contributed by atoms with van der Waals surface area (Å²) in [5.41, 5.74) is 0. The first-order valence-corrected chi connectivity index (χ1v) is 4.64. The Balaban J connectivity index is 2.76. The predicted octanol–water partition coefficient (Wildman–Crippen LogP) is 1.05. The van der Waals surface area contributed by atoms with Crippen molar-refractivity contribution >= 4 is 0 Å². The van der Waals surface area contributed by atoms with Gasteiger partial charge < -0.3 is 18.9 Å². The minimum Gasteiger partial charge on any atom is -0.379 e. The minimum atomic E-state index is 0.329. The molecule has 0 spiro atoms. The van der Waals surface area contributed by atoms with E-state index in [1.165, 1.54) is 0 Å². The molecule has 80 valence electrons. The molecular weight excluding hydrogens is 172 g/mol. The highest BCUT2D eigenvalue weighted by atomic mass is 16.7. The second-order valence-corrected chi connectivity index (χ2v) is 2.54. The van der Waals surface area contributed by atoms with Crippen LogP contribution in [-0.4, -0.2) is 46.9 Å². The number of hydrogen-bond acceptors (Lipinski definition) is 4.